The van der Waals surface area contributed by atoms with Gasteiger partial charge in [0, 0.05) is 0 Å². The highest BCUT2D eigenvalue weighted by molar-refractivity contribution is 5.78. The highest BCUT2D eigenvalue weighted by Crippen LogP contribution is 2.28. The Balaban J connectivity index is 1.95. The van der Waals surface area contributed by atoms with Crippen LogP contribution in [0.2, 0.25) is 0 Å². The molecule has 0 radical (unpaired) electrons. The Bertz CT molecular complexity index is 814. The monoisotopic (exact) mass is 383 g/mol. The number of rotatable bonds is 9. The summed E-state index contributed by atoms with van der Waals surface area (Å²) < 4.78 is 16.7. The molecule has 150 valence electrons. The summed E-state index contributed by atoms with van der Waals surface area (Å²) in [6, 6.07) is 13.2. The molecule has 2 rings (SSSR count). The summed E-state index contributed by atoms with van der Waals surface area (Å²) in [5.41, 5.74) is 1.98. The van der Waals surface area contributed by atoms with Crippen LogP contribution in [0.4, 0.5) is 0 Å². The van der Waals surface area contributed by atoms with E-state index in [9.17, 15) is 4.79 Å². The zero-order valence-electron chi connectivity index (χ0n) is 17.2. The molecule has 0 aliphatic rings. The fourth-order valence-electron chi connectivity index (χ4n) is 2.74. The molecule has 0 fully saturated rings. The molecular weight excluding hydrogens is 354 g/mol. The lowest BCUT2D eigenvalue weighted by Gasteiger charge is -2.17. The standard InChI is InChI=1S/C23H29NO4/c1-6-8-18-11-12-21(22(13-18)26-5)27-15-23(25)24-17(4)19-9-7-10-20(14-19)28-16(2)3/h6-14,16-17H,15H2,1-5H3,(H,24,25)/b8-6+. The van der Waals surface area contributed by atoms with Crippen LogP contribution in [0.25, 0.3) is 6.08 Å². The number of hydrogen-bond donors (Lipinski definition) is 1. The predicted octanol–water partition coefficient (Wildman–Crippen LogP) is 4.77. The summed E-state index contributed by atoms with van der Waals surface area (Å²) in [6.45, 7) is 7.75. The van der Waals surface area contributed by atoms with Crippen LogP contribution in [0, 0.1) is 0 Å². The fraction of sp³-hybridized carbons (Fsp3) is 0.348. The highest BCUT2D eigenvalue weighted by Gasteiger charge is 2.13. The molecule has 1 atom stereocenters. The van der Waals surface area contributed by atoms with Gasteiger partial charge in [-0.2, -0.15) is 0 Å². The Morgan fingerprint density at radius 3 is 2.57 bits per heavy atom. The van der Waals surface area contributed by atoms with E-state index in [1.54, 1.807) is 13.2 Å². The van der Waals surface area contributed by atoms with Gasteiger partial charge < -0.3 is 19.5 Å². The average molecular weight is 383 g/mol. The van der Waals surface area contributed by atoms with Crippen LogP contribution < -0.4 is 19.5 Å². The lowest BCUT2D eigenvalue weighted by Crippen LogP contribution is -2.31. The van der Waals surface area contributed by atoms with Gasteiger partial charge in [-0.05, 0) is 63.1 Å². The molecule has 1 N–H and O–H groups in total. The lowest BCUT2D eigenvalue weighted by atomic mass is 10.1. The Hall–Kier alpha value is -2.95. The Labute approximate surface area is 167 Å². The Morgan fingerprint density at radius 2 is 1.89 bits per heavy atom. The van der Waals surface area contributed by atoms with E-state index in [4.69, 9.17) is 14.2 Å². The van der Waals surface area contributed by atoms with Crippen molar-refractivity contribution < 1.29 is 19.0 Å². The molecule has 5 heteroatoms. The van der Waals surface area contributed by atoms with E-state index < -0.39 is 0 Å². The van der Waals surface area contributed by atoms with Gasteiger partial charge in [0.15, 0.2) is 18.1 Å². The summed E-state index contributed by atoms with van der Waals surface area (Å²) >= 11 is 0. The van der Waals surface area contributed by atoms with Crippen molar-refractivity contribution in [3.8, 4) is 17.2 Å². The van der Waals surface area contributed by atoms with E-state index >= 15 is 0 Å². The minimum Gasteiger partial charge on any atom is -0.493 e. The summed E-state index contributed by atoms with van der Waals surface area (Å²) in [7, 11) is 1.58. The maximum Gasteiger partial charge on any atom is 0.258 e. The van der Waals surface area contributed by atoms with Crippen LogP contribution in [-0.2, 0) is 4.79 Å². The maximum absolute atomic E-state index is 12.3. The molecule has 2 aromatic carbocycles. The molecule has 0 saturated carbocycles. The van der Waals surface area contributed by atoms with E-state index in [-0.39, 0.29) is 24.7 Å². The van der Waals surface area contributed by atoms with Crippen molar-refractivity contribution in [2.45, 2.75) is 39.8 Å². The Morgan fingerprint density at radius 1 is 1.11 bits per heavy atom. The minimum atomic E-state index is -0.206. The quantitative estimate of drug-likeness (QED) is 0.678. The van der Waals surface area contributed by atoms with Gasteiger partial charge in [0.05, 0.1) is 19.3 Å². The molecular formula is C23H29NO4. The summed E-state index contributed by atoms with van der Waals surface area (Å²) in [5.74, 6) is 1.71. The van der Waals surface area contributed by atoms with Crippen molar-refractivity contribution >= 4 is 12.0 Å². The third-order valence-corrected chi connectivity index (χ3v) is 4.01. The number of allylic oxidation sites excluding steroid dienone is 1. The highest BCUT2D eigenvalue weighted by atomic mass is 16.5. The number of hydrogen-bond acceptors (Lipinski definition) is 4. The van der Waals surface area contributed by atoms with Gasteiger partial charge in [0.1, 0.15) is 5.75 Å². The molecule has 0 aliphatic carbocycles. The van der Waals surface area contributed by atoms with E-state index in [1.165, 1.54) is 0 Å². The first-order chi connectivity index (χ1) is 13.4. The predicted molar refractivity (Wildman–Crippen MR) is 112 cm³/mol. The van der Waals surface area contributed by atoms with Gasteiger partial charge in [-0.25, -0.2) is 0 Å². The van der Waals surface area contributed by atoms with Gasteiger partial charge in [-0.3, -0.25) is 4.79 Å². The Kier molecular flexibility index (Phi) is 7.93. The number of carbonyl (C=O) groups is 1. The van der Waals surface area contributed by atoms with Gasteiger partial charge in [0.2, 0.25) is 0 Å². The second-order valence-corrected chi connectivity index (χ2v) is 6.73. The topological polar surface area (TPSA) is 56.8 Å². The second kappa shape index (κ2) is 10.4. The largest absolute Gasteiger partial charge is 0.493 e. The third-order valence-electron chi connectivity index (χ3n) is 4.01. The number of methoxy groups -OCH3 is 1. The van der Waals surface area contributed by atoms with Crippen LogP contribution in [0.15, 0.2) is 48.5 Å². The maximum atomic E-state index is 12.3. The van der Waals surface area contributed by atoms with E-state index in [0.717, 1.165) is 16.9 Å². The molecule has 0 heterocycles. The number of benzene rings is 2. The van der Waals surface area contributed by atoms with Gasteiger partial charge >= 0.3 is 0 Å². The number of amides is 1. The van der Waals surface area contributed by atoms with E-state index in [2.05, 4.69) is 5.32 Å². The molecule has 2 aromatic rings. The average Bonchev–Trinajstić information content (AvgIpc) is 2.66. The first-order valence-corrected chi connectivity index (χ1v) is 9.42. The van der Waals surface area contributed by atoms with Crippen molar-refractivity contribution in [1.82, 2.24) is 5.32 Å². The van der Waals surface area contributed by atoms with E-state index in [0.29, 0.717) is 11.5 Å². The van der Waals surface area contributed by atoms with Gasteiger partial charge in [-0.15, -0.1) is 0 Å². The van der Waals surface area contributed by atoms with Crippen molar-refractivity contribution in [1.29, 1.82) is 0 Å². The second-order valence-electron chi connectivity index (χ2n) is 6.73. The molecule has 5 nitrogen and oxygen atoms in total. The van der Waals surface area contributed by atoms with Crippen molar-refractivity contribution in [3.05, 3.63) is 59.7 Å². The summed E-state index contributed by atoms with van der Waals surface area (Å²) in [6.07, 6.45) is 4.02. The van der Waals surface area contributed by atoms with Crippen molar-refractivity contribution in [3.63, 3.8) is 0 Å². The first-order valence-electron chi connectivity index (χ1n) is 9.42. The van der Waals surface area contributed by atoms with Crippen molar-refractivity contribution in [2.24, 2.45) is 0 Å². The molecule has 1 amide bonds. The fourth-order valence-corrected chi connectivity index (χ4v) is 2.74. The molecule has 0 saturated heterocycles. The SMILES string of the molecule is C/C=C/c1ccc(OCC(=O)NC(C)c2cccc(OC(C)C)c2)c(OC)c1. The van der Waals surface area contributed by atoms with E-state index in [1.807, 2.05) is 76.2 Å². The number of carbonyl (C=O) groups excluding carboxylic acids is 1. The number of ether oxygens (including phenoxy) is 3. The molecule has 0 aromatic heterocycles. The normalized spacial score (nSPS) is 12.1. The van der Waals surface area contributed by atoms with Crippen LogP contribution in [0.3, 0.4) is 0 Å². The van der Waals surface area contributed by atoms with Crippen LogP contribution >= 0.6 is 0 Å². The molecule has 1 unspecified atom stereocenters. The molecule has 0 bridgehead atoms. The van der Waals surface area contributed by atoms with Crippen molar-refractivity contribution in [2.75, 3.05) is 13.7 Å². The zero-order valence-corrected chi connectivity index (χ0v) is 17.2. The van der Waals surface area contributed by atoms with Gasteiger partial charge in [-0.1, -0.05) is 30.4 Å². The van der Waals surface area contributed by atoms with Crippen LogP contribution in [0.5, 0.6) is 17.2 Å². The minimum absolute atomic E-state index is 0.0914. The van der Waals surface area contributed by atoms with Gasteiger partial charge in [0.25, 0.3) is 5.91 Å². The number of nitrogens with one attached hydrogen (secondary N) is 1. The zero-order chi connectivity index (χ0) is 20.5. The van der Waals surface area contributed by atoms with Crippen LogP contribution in [-0.4, -0.2) is 25.7 Å². The smallest absolute Gasteiger partial charge is 0.258 e. The lowest BCUT2D eigenvalue weighted by molar-refractivity contribution is -0.123. The molecule has 0 aliphatic heterocycles. The molecule has 0 spiro atoms. The first kappa shape index (κ1) is 21.4. The summed E-state index contributed by atoms with van der Waals surface area (Å²) in [5, 5.41) is 2.94. The van der Waals surface area contributed by atoms with Crippen LogP contribution in [0.1, 0.15) is 44.9 Å². The molecule has 28 heavy (non-hydrogen) atoms. The third kappa shape index (κ3) is 6.34. The summed E-state index contributed by atoms with van der Waals surface area (Å²) in [4.78, 5) is 12.3.